The third-order valence-corrected chi connectivity index (χ3v) is 4.91. The van der Waals surface area contributed by atoms with Gasteiger partial charge in [-0.25, -0.2) is 4.79 Å². The van der Waals surface area contributed by atoms with Crippen LogP contribution >= 0.6 is 0 Å². The number of amides is 3. The van der Waals surface area contributed by atoms with Crippen LogP contribution in [-0.4, -0.2) is 62.3 Å². The molecule has 2 fully saturated rings. The molecule has 0 spiro atoms. The second-order valence-electron chi connectivity index (χ2n) is 6.87. The summed E-state index contributed by atoms with van der Waals surface area (Å²) in [6.45, 7) is 4.74. The molecule has 1 aromatic rings. The highest BCUT2D eigenvalue weighted by Crippen LogP contribution is 2.18. The minimum atomic E-state index is -0.235. The summed E-state index contributed by atoms with van der Waals surface area (Å²) in [6.07, 6.45) is 4.51. The Labute approximate surface area is 154 Å². The van der Waals surface area contributed by atoms with E-state index in [1.54, 1.807) is 24.3 Å². The van der Waals surface area contributed by atoms with Gasteiger partial charge < -0.3 is 20.7 Å². The van der Waals surface area contributed by atoms with Crippen LogP contribution in [-0.2, 0) is 4.74 Å². The monoisotopic (exact) mass is 360 g/mol. The first kappa shape index (κ1) is 18.7. The van der Waals surface area contributed by atoms with Gasteiger partial charge in [0.1, 0.15) is 0 Å². The van der Waals surface area contributed by atoms with Gasteiger partial charge in [-0.2, -0.15) is 0 Å². The van der Waals surface area contributed by atoms with E-state index in [1.807, 2.05) is 0 Å². The highest BCUT2D eigenvalue weighted by atomic mass is 16.5. The first-order chi connectivity index (χ1) is 12.7. The van der Waals surface area contributed by atoms with Gasteiger partial charge in [0.15, 0.2) is 0 Å². The molecule has 0 atom stereocenters. The van der Waals surface area contributed by atoms with Crippen LogP contribution in [0.3, 0.4) is 0 Å². The molecule has 142 valence electrons. The lowest BCUT2D eigenvalue weighted by Gasteiger charge is -2.26. The normalized spacial score (nSPS) is 18.5. The van der Waals surface area contributed by atoms with E-state index in [2.05, 4.69) is 20.9 Å². The van der Waals surface area contributed by atoms with Gasteiger partial charge in [-0.15, -0.1) is 0 Å². The number of ether oxygens (including phenoxy) is 1. The van der Waals surface area contributed by atoms with Crippen LogP contribution < -0.4 is 16.0 Å². The van der Waals surface area contributed by atoms with E-state index >= 15 is 0 Å². The number of rotatable bonds is 6. The highest BCUT2D eigenvalue weighted by molar-refractivity contribution is 5.95. The number of carbonyl (C=O) groups is 2. The molecular formula is C19H28N4O3. The van der Waals surface area contributed by atoms with Crippen molar-refractivity contribution in [1.29, 1.82) is 0 Å². The SMILES string of the molecule is O=C(NCCN1CCOCC1)Nc1ccc(C(=O)NC2CCCC2)cc1. The maximum Gasteiger partial charge on any atom is 0.319 e. The summed E-state index contributed by atoms with van der Waals surface area (Å²) in [5.41, 5.74) is 1.29. The minimum Gasteiger partial charge on any atom is -0.379 e. The standard InChI is InChI=1S/C19H28N4O3/c24-18(21-16-3-1-2-4-16)15-5-7-17(8-6-15)22-19(25)20-9-10-23-11-13-26-14-12-23/h5-8,16H,1-4,9-14H2,(H,21,24)(H2,20,22,25). The average molecular weight is 360 g/mol. The van der Waals surface area contributed by atoms with Crippen molar-refractivity contribution in [3.63, 3.8) is 0 Å². The first-order valence-corrected chi connectivity index (χ1v) is 9.46. The molecule has 1 aliphatic heterocycles. The summed E-state index contributed by atoms with van der Waals surface area (Å²) in [5, 5.41) is 8.71. The van der Waals surface area contributed by atoms with Crippen molar-refractivity contribution in [3.05, 3.63) is 29.8 Å². The number of morpholine rings is 1. The highest BCUT2D eigenvalue weighted by Gasteiger charge is 2.18. The van der Waals surface area contributed by atoms with Gasteiger partial charge in [0.05, 0.1) is 13.2 Å². The fraction of sp³-hybridized carbons (Fsp3) is 0.579. The molecule has 0 unspecified atom stereocenters. The lowest BCUT2D eigenvalue weighted by atomic mass is 10.1. The Bertz CT molecular complexity index is 593. The lowest BCUT2D eigenvalue weighted by Crippen LogP contribution is -2.42. The van der Waals surface area contributed by atoms with Gasteiger partial charge in [0.25, 0.3) is 5.91 Å². The maximum absolute atomic E-state index is 12.2. The fourth-order valence-electron chi connectivity index (χ4n) is 3.37. The molecule has 1 saturated carbocycles. The van der Waals surface area contributed by atoms with Crippen LogP contribution in [0.2, 0.25) is 0 Å². The van der Waals surface area contributed by atoms with Gasteiger partial charge in [0, 0.05) is 43.5 Å². The van der Waals surface area contributed by atoms with Crippen molar-refractivity contribution >= 4 is 17.6 Å². The first-order valence-electron chi connectivity index (χ1n) is 9.46. The van der Waals surface area contributed by atoms with Crippen LogP contribution in [0.4, 0.5) is 10.5 Å². The number of anilines is 1. The number of nitrogens with one attached hydrogen (secondary N) is 3. The molecule has 1 aromatic carbocycles. The van der Waals surface area contributed by atoms with E-state index < -0.39 is 0 Å². The summed E-state index contributed by atoms with van der Waals surface area (Å²) in [5.74, 6) is -0.0431. The molecule has 3 N–H and O–H groups in total. The van der Waals surface area contributed by atoms with Crippen molar-refractivity contribution < 1.29 is 14.3 Å². The number of hydrogen-bond donors (Lipinski definition) is 3. The molecule has 7 heteroatoms. The molecule has 0 bridgehead atoms. The summed E-state index contributed by atoms with van der Waals surface area (Å²) >= 11 is 0. The molecule has 1 aliphatic carbocycles. The summed E-state index contributed by atoms with van der Waals surface area (Å²) < 4.78 is 5.30. The third kappa shape index (κ3) is 5.71. The van der Waals surface area contributed by atoms with E-state index in [0.717, 1.165) is 45.7 Å². The Morgan fingerprint density at radius 3 is 2.46 bits per heavy atom. The zero-order chi connectivity index (χ0) is 18.2. The van der Waals surface area contributed by atoms with Gasteiger partial charge in [-0.3, -0.25) is 9.69 Å². The lowest BCUT2D eigenvalue weighted by molar-refractivity contribution is 0.0388. The predicted molar refractivity (Wildman–Crippen MR) is 100 cm³/mol. The average Bonchev–Trinajstić information content (AvgIpc) is 3.16. The van der Waals surface area contributed by atoms with Crippen LogP contribution in [0.5, 0.6) is 0 Å². The number of urea groups is 1. The van der Waals surface area contributed by atoms with Crippen LogP contribution in [0.1, 0.15) is 36.0 Å². The number of carbonyl (C=O) groups excluding carboxylic acids is 2. The zero-order valence-corrected chi connectivity index (χ0v) is 15.1. The predicted octanol–water partition coefficient (Wildman–Crippen LogP) is 1.81. The Kier molecular flexibility index (Phi) is 6.85. The maximum atomic E-state index is 12.2. The quantitative estimate of drug-likeness (QED) is 0.723. The zero-order valence-electron chi connectivity index (χ0n) is 15.1. The van der Waals surface area contributed by atoms with E-state index in [0.29, 0.717) is 23.8 Å². The summed E-state index contributed by atoms with van der Waals surface area (Å²) in [7, 11) is 0. The van der Waals surface area contributed by atoms with E-state index in [4.69, 9.17) is 4.74 Å². The van der Waals surface area contributed by atoms with Gasteiger partial charge >= 0.3 is 6.03 Å². The van der Waals surface area contributed by atoms with Gasteiger partial charge in [-0.1, -0.05) is 12.8 Å². The van der Waals surface area contributed by atoms with E-state index in [1.165, 1.54) is 12.8 Å². The topological polar surface area (TPSA) is 82.7 Å². The molecule has 1 saturated heterocycles. The second-order valence-corrected chi connectivity index (χ2v) is 6.87. The van der Waals surface area contributed by atoms with Crippen molar-refractivity contribution in [3.8, 4) is 0 Å². The summed E-state index contributed by atoms with van der Waals surface area (Å²) in [4.78, 5) is 26.4. The molecule has 2 aliphatic rings. The third-order valence-electron chi connectivity index (χ3n) is 4.91. The molecule has 3 amide bonds. The van der Waals surface area contributed by atoms with Crippen LogP contribution in [0.15, 0.2) is 24.3 Å². The van der Waals surface area contributed by atoms with Crippen molar-refractivity contribution in [2.75, 3.05) is 44.7 Å². The van der Waals surface area contributed by atoms with E-state index in [9.17, 15) is 9.59 Å². The van der Waals surface area contributed by atoms with Crippen LogP contribution in [0.25, 0.3) is 0 Å². The Morgan fingerprint density at radius 1 is 1.08 bits per heavy atom. The minimum absolute atomic E-state index is 0.0431. The fourth-order valence-corrected chi connectivity index (χ4v) is 3.37. The molecule has 0 radical (unpaired) electrons. The molecule has 3 rings (SSSR count). The molecule has 26 heavy (non-hydrogen) atoms. The Morgan fingerprint density at radius 2 is 1.77 bits per heavy atom. The molecule has 7 nitrogen and oxygen atoms in total. The molecule has 0 aromatic heterocycles. The van der Waals surface area contributed by atoms with E-state index in [-0.39, 0.29) is 11.9 Å². The van der Waals surface area contributed by atoms with Crippen molar-refractivity contribution in [1.82, 2.24) is 15.5 Å². The smallest absolute Gasteiger partial charge is 0.319 e. The van der Waals surface area contributed by atoms with Gasteiger partial charge in [0.2, 0.25) is 0 Å². The second kappa shape index (κ2) is 9.54. The van der Waals surface area contributed by atoms with Crippen molar-refractivity contribution in [2.24, 2.45) is 0 Å². The number of hydrogen-bond acceptors (Lipinski definition) is 4. The summed E-state index contributed by atoms with van der Waals surface area (Å²) in [6, 6.07) is 7.07. The number of nitrogens with zero attached hydrogens (tertiary/aromatic N) is 1. The Hall–Kier alpha value is -2.12. The van der Waals surface area contributed by atoms with Gasteiger partial charge in [-0.05, 0) is 37.1 Å². The largest absolute Gasteiger partial charge is 0.379 e. The molecular weight excluding hydrogens is 332 g/mol. The number of benzene rings is 1. The van der Waals surface area contributed by atoms with Crippen LogP contribution in [0, 0.1) is 0 Å². The molecule has 1 heterocycles. The Balaban J connectivity index is 1.38. The van der Waals surface area contributed by atoms with Crippen molar-refractivity contribution in [2.45, 2.75) is 31.7 Å².